The van der Waals surface area contributed by atoms with Gasteiger partial charge in [0.15, 0.2) is 0 Å². The molecule has 110 valence electrons. The number of alkyl halides is 1. The van der Waals surface area contributed by atoms with Crippen molar-refractivity contribution in [3.63, 3.8) is 0 Å². The van der Waals surface area contributed by atoms with E-state index in [1.165, 1.54) is 48.5 Å². The van der Waals surface area contributed by atoms with Crippen LogP contribution >= 0.6 is 22.6 Å². The van der Waals surface area contributed by atoms with Crippen LogP contribution in [0.25, 0.3) is 0 Å². The standard InChI is InChI=1S/C17H30IN/c1-12(2)17(3,4)15-8-5-9-16-14(15)11-13(19-16)7-6-10-18/h13-16,19H,1,5-11H2,2-4H3/t13?,14-,15?,16?/m1/s1. The van der Waals surface area contributed by atoms with Gasteiger partial charge in [-0.15, -0.1) is 0 Å². The van der Waals surface area contributed by atoms with Crippen molar-refractivity contribution in [2.75, 3.05) is 4.43 Å². The Balaban J connectivity index is 2.05. The van der Waals surface area contributed by atoms with Gasteiger partial charge in [0.05, 0.1) is 0 Å². The highest BCUT2D eigenvalue weighted by atomic mass is 127. The molecule has 1 saturated heterocycles. The van der Waals surface area contributed by atoms with Gasteiger partial charge in [-0.3, -0.25) is 0 Å². The largest absolute Gasteiger partial charge is 0.311 e. The third kappa shape index (κ3) is 3.37. The number of hydrogen-bond acceptors (Lipinski definition) is 1. The van der Waals surface area contributed by atoms with Gasteiger partial charge in [-0.1, -0.05) is 55.0 Å². The van der Waals surface area contributed by atoms with Crippen LogP contribution in [0.4, 0.5) is 0 Å². The zero-order valence-corrected chi connectivity index (χ0v) is 15.0. The molecule has 2 aliphatic rings. The lowest BCUT2D eigenvalue weighted by molar-refractivity contribution is 0.113. The second-order valence-electron chi connectivity index (χ2n) is 7.24. The quantitative estimate of drug-likeness (QED) is 0.407. The Labute approximate surface area is 133 Å². The number of nitrogens with one attached hydrogen (secondary N) is 1. The Kier molecular flexibility index (Phi) is 5.38. The van der Waals surface area contributed by atoms with E-state index in [2.05, 4.69) is 55.3 Å². The van der Waals surface area contributed by atoms with Crippen LogP contribution in [-0.4, -0.2) is 16.5 Å². The predicted molar refractivity (Wildman–Crippen MR) is 92.9 cm³/mol. The summed E-state index contributed by atoms with van der Waals surface area (Å²) >= 11 is 2.50. The molecule has 0 aromatic carbocycles. The van der Waals surface area contributed by atoms with Gasteiger partial charge < -0.3 is 5.32 Å². The minimum atomic E-state index is 0.309. The van der Waals surface area contributed by atoms with Crippen LogP contribution in [0.1, 0.15) is 59.3 Å². The lowest BCUT2D eigenvalue weighted by Gasteiger charge is -2.44. The van der Waals surface area contributed by atoms with Gasteiger partial charge in [0, 0.05) is 12.1 Å². The molecule has 0 aromatic heterocycles. The molecule has 0 amide bonds. The van der Waals surface area contributed by atoms with E-state index in [1.807, 2.05) is 0 Å². The minimum Gasteiger partial charge on any atom is -0.311 e. The monoisotopic (exact) mass is 375 g/mol. The number of allylic oxidation sites excluding steroid dienone is 1. The average molecular weight is 375 g/mol. The van der Waals surface area contributed by atoms with Crippen molar-refractivity contribution >= 4 is 22.6 Å². The van der Waals surface area contributed by atoms with E-state index in [0.717, 1.165) is 23.9 Å². The summed E-state index contributed by atoms with van der Waals surface area (Å²) in [5, 5.41) is 3.94. The summed E-state index contributed by atoms with van der Waals surface area (Å²) in [7, 11) is 0. The molecule has 0 aromatic rings. The van der Waals surface area contributed by atoms with Gasteiger partial charge in [0.2, 0.25) is 0 Å². The first kappa shape index (κ1) is 15.8. The van der Waals surface area contributed by atoms with Gasteiger partial charge >= 0.3 is 0 Å². The summed E-state index contributed by atoms with van der Waals surface area (Å²) in [6, 6.07) is 1.57. The van der Waals surface area contributed by atoms with E-state index in [1.54, 1.807) is 0 Å². The lowest BCUT2D eigenvalue weighted by atomic mass is 9.61. The van der Waals surface area contributed by atoms with Crippen molar-refractivity contribution in [3.05, 3.63) is 12.2 Å². The van der Waals surface area contributed by atoms with Crippen LogP contribution in [0, 0.1) is 17.3 Å². The fourth-order valence-electron chi connectivity index (χ4n) is 4.24. The molecule has 1 saturated carbocycles. The van der Waals surface area contributed by atoms with Crippen LogP contribution in [0.5, 0.6) is 0 Å². The number of fused-ring (bicyclic) bond motifs is 1. The van der Waals surface area contributed by atoms with E-state index in [9.17, 15) is 0 Å². The topological polar surface area (TPSA) is 12.0 Å². The molecule has 19 heavy (non-hydrogen) atoms. The second kappa shape index (κ2) is 6.46. The molecular formula is C17H30IN. The minimum absolute atomic E-state index is 0.309. The van der Waals surface area contributed by atoms with Crippen molar-refractivity contribution < 1.29 is 0 Å². The second-order valence-corrected chi connectivity index (χ2v) is 8.32. The zero-order valence-electron chi connectivity index (χ0n) is 12.8. The van der Waals surface area contributed by atoms with Crippen LogP contribution in [-0.2, 0) is 0 Å². The van der Waals surface area contributed by atoms with Crippen molar-refractivity contribution in [2.24, 2.45) is 17.3 Å². The maximum absolute atomic E-state index is 4.26. The molecule has 0 radical (unpaired) electrons. The predicted octanol–water partition coefficient (Wildman–Crippen LogP) is 4.95. The van der Waals surface area contributed by atoms with E-state index in [0.29, 0.717) is 5.41 Å². The highest BCUT2D eigenvalue weighted by Crippen LogP contribution is 2.49. The fourth-order valence-corrected chi connectivity index (χ4v) is 4.68. The molecule has 2 rings (SSSR count). The number of halogens is 1. The van der Waals surface area contributed by atoms with Crippen LogP contribution in [0.2, 0.25) is 0 Å². The summed E-state index contributed by atoms with van der Waals surface area (Å²) in [5.74, 6) is 1.72. The molecule has 1 N–H and O–H groups in total. The van der Waals surface area contributed by atoms with Crippen LogP contribution in [0.15, 0.2) is 12.2 Å². The Hall–Kier alpha value is 0.430. The number of rotatable bonds is 5. The molecule has 1 aliphatic heterocycles. The number of hydrogen-bond donors (Lipinski definition) is 1. The SMILES string of the molecule is C=C(C)C(C)(C)C1CCCC2NC(CCCI)C[C@@H]21. The molecular weight excluding hydrogens is 345 g/mol. The smallest absolute Gasteiger partial charge is 0.0101 e. The third-order valence-corrected chi connectivity index (χ3v) is 6.55. The Morgan fingerprint density at radius 1 is 1.37 bits per heavy atom. The molecule has 3 unspecified atom stereocenters. The van der Waals surface area contributed by atoms with Crippen molar-refractivity contribution in [1.82, 2.24) is 5.32 Å². The highest BCUT2D eigenvalue weighted by molar-refractivity contribution is 14.1. The van der Waals surface area contributed by atoms with E-state index < -0.39 is 0 Å². The third-order valence-electron chi connectivity index (χ3n) is 5.78. The maximum atomic E-state index is 4.26. The van der Waals surface area contributed by atoms with Gasteiger partial charge in [0.25, 0.3) is 0 Å². The Morgan fingerprint density at radius 3 is 2.74 bits per heavy atom. The van der Waals surface area contributed by atoms with Crippen LogP contribution in [0.3, 0.4) is 0 Å². The molecule has 1 nitrogen and oxygen atoms in total. The van der Waals surface area contributed by atoms with Crippen molar-refractivity contribution in [1.29, 1.82) is 0 Å². The van der Waals surface area contributed by atoms with E-state index in [-0.39, 0.29) is 0 Å². The molecule has 4 atom stereocenters. The first-order valence-electron chi connectivity index (χ1n) is 7.94. The first-order chi connectivity index (χ1) is 8.96. The average Bonchev–Trinajstić information content (AvgIpc) is 2.78. The molecule has 2 heteroatoms. The summed E-state index contributed by atoms with van der Waals surface area (Å²) in [6.07, 6.45) is 8.34. The van der Waals surface area contributed by atoms with Gasteiger partial charge in [-0.05, 0) is 60.7 Å². The molecule has 1 heterocycles. The van der Waals surface area contributed by atoms with Gasteiger partial charge in [-0.2, -0.15) is 0 Å². The van der Waals surface area contributed by atoms with E-state index >= 15 is 0 Å². The van der Waals surface area contributed by atoms with Gasteiger partial charge in [-0.25, -0.2) is 0 Å². The summed E-state index contributed by atoms with van der Waals surface area (Å²) in [6.45, 7) is 11.3. The Morgan fingerprint density at radius 2 is 2.11 bits per heavy atom. The normalized spacial score (nSPS) is 35.2. The first-order valence-corrected chi connectivity index (χ1v) is 9.47. The highest BCUT2D eigenvalue weighted by Gasteiger charge is 2.46. The van der Waals surface area contributed by atoms with Crippen molar-refractivity contribution in [3.8, 4) is 0 Å². The fraction of sp³-hybridized carbons (Fsp3) is 0.882. The summed E-state index contributed by atoms with van der Waals surface area (Å²) < 4.78 is 1.30. The van der Waals surface area contributed by atoms with Crippen molar-refractivity contribution in [2.45, 2.75) is 71.4 Å². The van der Waals surface area contributed by atoms with Gasteiger partial charge in [0.1, 0.15) is 0 Å². The van der Waals surface area contributed by atoms with E-state index in [4.69, 9.17) is 0 Å². The maximum Gasteiger partial charge on any atom is 0.0101 e. The molecule has 1 aliphatic carbocycles. The molecule has 0 bridgehead atoms. The zero-order chi connectivity index (χ0) is 14.0. The van der Waals surface area contributed by atoms with Crippen LogP contribution < -0.4 is 5.32 Å². The summed E-state index contributed by atoms with van der Waals surface area (Å²) in [5.41, 5.74) is 1.68. The molecule has 0 spiro atoms. The lowest BCUT2D eigenvalue weighted by Crippen LogP contribution is -2.42. The molecule has 2 fully saturated rings. The summed E-state index contributed by atoms with van der Waals surface area (Å²) in [4.78, 5) is 0. The Bertz CT molecular complexity index is 323.